The third-order valence-electron chi connectivity index (χ3n) is 2.75. The summed E-state index contributed by atoms with van der Waals surface area (Å²) >= 11 is 3.13. The Balaban J connectivity index is 2.19. The van der Waals surface area contributed by atoms with E-state index in [-0.39, 0.29) is 11.9 Å². The molecule has 1 unspecified atom stereocenters. The lowest BCUT2D eigenvalue weighted by atomic mass is 10.1. The van der Waals surface area contributed by atoms with Gasteiger partial charge in [0.25, 0.3) is 0 Å². The van der Waals surface area contributed by atoms with E-state index < -0.39 is 0 Å². The van der Waals surface area contributed by atoms with Crippen molar-refractivity contribution in [2.75, 3.05) is 0 Å². The smallest absolute Gasteiger partial charge is 0.222 e. The Morgan fingerprint density at radius 3 is 2.75 bits per heavy atom. The Kier molecular flexibility index (Phi) is 4.73. The molecule has 0 bridgehead atoms. The highest BCUT2D eigenvalue weighted by molar-refractivity contribution is 9.10. The second kappa shape index (κ2) is 6.33. The van der Waals surface area contributed by atoms with Crippen LogP contribution in [0.3, 0.4) is 0 Å². The van der Waals surface area contributed by atoms with Gasteiger partial charge in [0.1, 0.15) is 11.6 Å². The number of aromatic nitrogens is 1. The summed E-state index contributed by atoms with van der Waals surface area (Å²) in [6, 6.07) is 6.59. The van der Waals surface area contributed by atoms with Gasteiger partial charge in [-0.05, 0) is 66.0 Å². The number of hydrogen-bond donors (Lipinski definition) is 1. The van der Waals surface area contributed by atoms with Crippen molar-refractivity contribution in [1.82, 2.24) is 4.98 Å². The number of aryl methyl sites for hydroxylation is 1. The van der Waals surface area contributed by atoms with E-state index in [1.165, 1.54) is 6.07 Å². The van der Waals surface area contributed by atoms with Gasteiger partial charge < -0.3 is 10.5 Å². The molecular weight excluding hydrogens is 323 g/mol. The summed E-state index contributed by atoms with van der Waals surface area (Å²) in [5, 5.41) is 0. The van der Waals surface area contributed by atoms with Gasteiger partial charge in [-0.25, -0.2) is 9.37 Å². The van der Waals surface area contributed by atoms with Crippen LogP contribution in [0.4, 0.5) is 4.39 Å². The van der Waals surface area contributed by atoms with E-state index in [2.05, 4.69) is 20.9 Å². The fourth-order valence-corrected chi connectivity index (χ4v) is 2.22. The number of hydrogen-bond acceptors (Lipinski definition) is 3. The van der Waals surface area contributed by atoms with Crippen LogP contribution in [0.1, 0.15) is 18.1 Å². The van der Waals surface area contributed by atoms with Gasteiger partial charge in [-0.15, -0.1) is 0 Å². The lowest BCUT2D eigenvalue weighted by Crippen LogP contribution is -2.17. The second-order valence-corrected chi connectivity index (χ2v) is 5.68. The van der Waals surface area contributed by atoms with Crippen LogP contribution in [0, 0.1) is 12.7 Å². The molecule has 0 aliphatic carbocycles. The minimum atomic E-state index is -0.325. The monoisotopic (exact) mass is 338 g/mol. The van der Waals surface area contributed by atoms with E-state index in [1.807, 2.05) is 19.9 Å². The number of ether oxygens (including phenoxy) is 1. The lowest BCUT2D eigenvalue weighted by molar-refractivity contribution is 0.456. The van der Waals surface area contributed by atoms with Crippen LogP contribution in [0.25, 0.3) is 0 Å². The average Bonchev–Trinajstić information content (AvgIpc) is 2.36. The molecule has 1 heterocycles. The second-order valence-electron chi connectivity index (χ2n) is 4.83. The van der Waals surface area contributed by atoms with E-state index >= 15 is 0 Å². The van der Waals surface area contributed by atoms with Crippen LogP contribution < -0.4 is 10.5 Å². The van der Waals surface area contributed by atoms with E-state index in [0.29, 0.717) is 16.1 Å². The van der Waals surface area contributed by atoms with Crippen molar-refractivity contribution in [3.63, 3.8) is 0 Å². The van der Waals surface area contributed by atoms with E-state index in [1.54, 1.807) is 18.3 Å². The van der Waals surface area contributed by atoms with Crippen LogP contribution in [0.5, 0.6) is 11.6 Å². The summed E-state index contributed by atoms with van der Waals surface area (Å²) in [5.41, 5.74) is 7.76. The zero-order valence-electron chi connectivity index (χ0n) is 11.4. The summed E-state index contributed by atoms with van der Waals surface area (Å²) < 4.78 is 19.2. The maximum Gasteiger partial charge on any atom is 0.222 e. The number of benzene rings is 1. The first-order valence-electron chi connectivity index (χ1n) is 6.29. The van der Waals surface area contributed by atoms with Gasteiger partial charge in [-0.3, -0.25) is 0 Å². The minimum Gasteiger partial charge on any atom is -0.439 e. The molecule has 2 rings (SSSR count). The molecule has 5 heteroatoms. The SMILES string of the molecule is Cc1cc(CC(C)N)cnc1Oc1ccc(F)c(Br)c1. The molecule has 0 amide bonds. The van der Waals surface area contributed by atoms with Gasteiger partial charge in [0.2, 0.25) is 5.88 Å². The van der Waals surface area contributed by atoms with Gasteiger partial charge in [-0.2, -0.15) is 0 Å². The molecule has 0 saturated heterocycles. The number of nitrogens with zero attached hydrogens (tertiary/aromatic N) is 1. The van der Waals surface area contributed by atoms with Gasteiger partial charge >= 0.3 is 0 Å². The fraction of sp³-hybridized carbons (Fsp3) is 0.267. The third kappa shape index (κ3) is 3.77. The van der Waals surface area contributed by atoms with Crippen LogP contribution in [-0.4, -0.2) is 11.0 Å². The van der Waals surface area contributed by atoms with Crippen LogP contribution in [-0.2, 0) is 6.42 Å². The first-order chi connectivity index (χ1) is 9.45. The molecule has 2 N–H and O–H groups in total. The molecule has 20 heavy (non-hydrogen) atoms. The molecule has 2 aromatic rings. The van der Waals surface area contributed by atoms with E-state index in [9.17, 15) is 4.39 Å². The quantitative estimate of drug-likeness (QED) is 0.917. The third-order valence-corrected chi connectivity index (χ3v) is 3.36. The van der Waals surface area contributed by atoms with Crippen molar-refractivity contribution in [2.45, 2.75) is 26.3 Å². The van der Waals surface area contributed by atoms with E-state index in [4.69, 9.17) is 10.5 Å². The molecule has 0 spiro atoms. The summed E-state index contributed by atoms with van der Waals surface area (Å²) in [4.78, 5) is 4.29. The van der Waals surface area contributed by atoms with Crippen molar-refractivity contribution in [3.8, 4) is 11.6 Å². The molecule has 106 valence electrons. The zero-order valence-corrected chi connectivity index (χ0v) is 12.9. The lowest BCUT2D eigenvalue weighted by Gasteiger charge is -2.10. The molecule has 0 saturated carbocycles. The summed E-state index contributed by atoms with van der Waals surface area (Å²) in [5.74, 6) is 0.722. The maximum absolute atomic E-state index is 13.2. The zero-order chi connectivity index (χ0) is 14.7. The predicted octanol–water partition coefficient (Wildman–Crippen LogP) is 3.97. The van der Waals surface area contributed by atoms with Gasteiger partial charge in [0.15, 0.2) is 0 Å². The highest BCUT2D eigenvalue weighted by atomic mass is 79.9. The Morgan fingerprint density at radius 2 is 2.15 bits per heavy atom. The number of pyridine rings is 1. The van der Waals surface area contributed by atoms with Crippen molar-refractivity contribution >= 4 is 15.9 Å². The number of rotatable bonds is 4. The van der Waals surface area contributed by atoms with Crippen LogP contribution in [0.2, 0.25) is 0 Å². The molecule has 0 fully saturated rings. The average molecular weight is 339 g/mol. The largest absolute Gasteiger partial charge is 0.439 e. The standard InChI is InChI=1S/C15H16BrFN2O/c1-9-5-11(6-10(2)18)8-19-15(9)20-12-3-4-14(17)13(16)7-12/h3-5,7-8,10H,6,18H2,1-2H3. The Morgan fingerprint density at radius 1 is 1.40 bits per heavy atom. The Labute approximate surface area is 126 Å². The van der Waals surface area contributed by atoms with Crippen molar-refractivity contribution in [3.05, 3.63) is 51.9 Å². The fourth-order valence-electron chi connectivity index (χ4n) is 1.86. The summed E-state index contributed by atoms with van der Waals surface area (Å²) in [6.07, 6.45) is 2.53. The summed E-state index contributed by atoms with van der Waals surface area (Å²) in [7, 11) is 0. The predicted molar refractivity (Wildman–Crippen MR) is 80.5 cm³/mol. The van der Waals surface area contributed by atoms with Gasteiger partial charge in [-0.1, -0.05) is 0 Å². The van der Waals surface area contributed by atoms with Crippen LogP contribution >= 0.6 is 15.9 Å². The first-order valence-corrected chi connectivity index (χ1v) is 7.09. The van der Waals surface area contributed by atoms with Crippen molar-refractivity contribution in [2.24, 2.45) is 5.73 Å². The molecule has 1 aromatic heterocycles. The van der Waals surface area contributed by atoms with Crippen LogP contribution in [0.15, 0.2) is 34.9 Å². The molecule has 0 aliphatic rings. The number of nitrogens with two attached hydrogens (primary N) is 1. The van der Waals surface area contributed by atoms with Crippen molar-refractivity contribution < 1.29 is 9.13 Å². The molecule has 3 nitrogen and oxygen atoms in total. The molecule has 1 atom stereocenters. The highest BCUT2D eigenvalue weighted by Crippen LogP contribution is 2.27. The first kappa shape index (κ1) is 14.9. The molecule has 0 aliphatic heterocycles. The summed E-state index contributed by atoms with van der Waals surface area (Å²) in [6.45, 7) is 3.88. The molecule has 1 aromatic carbocycles. The molecular formula is C15H16BrFN2O. The highest BCUT2D eigenvalue weighted by Gasteiger charge is 2.07. The van der Waals surface area contributed by atoms with Crippen molar-refractivity contribution in [1.29, 1.82) is 0 Å². The maximum atomic E-state index is 13.2. The Bertz CT molecular complexity index is 617. The Hall–Kier alpha value is -1.46. The topological polar surface area (TPSA) is 48.1 Å². The number of halogens is 2. The van der Waals surface area contributed by atoms with Gasteiger partial charge in [0.05, 0.1) is 4.47 Å². The molecule has 0 radical (unpaired) electrons. The van der Waals surface area contributed by atoms with E-state index in [0.717, 1.165) is 17.5 Å². The minimum absolute atomic E-state index is 0.0935. The normalized spacial score (nSPS) is 12.2. The van der Waals surface area contributed by atoms with Gasteiger partial charge in [0, 0.05) is 17.8 Å².